The number of hydrogen-bond acceptors (Lipinski definition) is 5. The normalized spacial score (nSPS) is 14.7. The summed E-state index contributed by atoms with van der Waals surface area (Å²) in [6.07, 6.45) is 2.86. The van der Waals surface area contributed by atoms with Gasteiger partial charge in [-0.1, -0.05) is 12.1 Å². The number of hydrogen-bond donors (Lipinski definition) is 1. The van der Waals surface area contributed by atoms with Crippen LogP contribution >= 0.6 is 11.3 Å². The van der Waals surface area contributed by atoms with Crippen LogP contribution in [0.15, 0.2) is 35.8 Å². The number of carbonyl (C=O) groups is 2. The molecule has 1 aliphatic rings. The van der Waals surface area contributed by atoms with E-state index < -0.39 is 5.91 Å². The van der Waals surface area contributed by atoms with Gasteiger partial charge in [0, 0.05) is 49.7 Å². The van der Waals surface area contributed by atoms with Crippen LogP contribution in [0.5, 0.6) is 0 Å². The standard InChI is InChI=1S/C17H20N4O2S/c18-16(23)14-3-1-2-13(12-14)4-5-15(22)20-7-9-21(10-8-20)17-19-6-11-24-17/h1-3,6,11-12H,4-5,7-10H2,(H2,18,23). The first-order valence-corrected chi connectivity index (χ1v) is 8.82. The Hall–Kier alpha value is -2.41. The van der Waals surface area contributed by atoms with E-state index in [9.17, 15) is 9.59 Å². The third-order valence-corrected chi connectivity index (χ3v) is 4.99. The third kappa shape index (κ3) is 3.91. The zero-order valence-corrected chi connectivity index (χ0v) is 14.2. The highest BCUT2D eigenvalue weighted by Crippen LogP contribution is 2.19. The van der Waals surface area contributed by atoms with Crippen LogP contribution in [0, 0.1) is 0 Å². The number of thiazole rings is 1. The molecule has 2 amide bonds. The number of anilines is 1. The van der Waals surface area contributed by atoms with Crippen LogP contribution in [-0.2, 0) is 11.2 Å². The molecule has 2 N–H and O–H groups in total. The van der Waals surface area contributed by atoms with Crippen LogP contribution in [0.25, 0.3) is 0 Å². The van der Waals surface area contributed by atoms with Crippen molar-refractivity contribution in [1.29, 1.82) is 0 Å². The molecule has 126 valence electrons. The summed E-state index contributed by atoms with van der Waals surface area (Å²) in [4.78, 5) is 32.0. The fourth-order valence-electron chi connectivity index (χ4n) is 2.81. The average Bonchev–Trinajstić information content (AvgIpc) is 3.14. The Kier molecular flexibility index (Phi) is 5.10. The van der Waals surface area contributed by atoms with E-state index in [1.807, 2.05) is 16.3 Å². The molecule has 2 aromatic rings. The second-order valence-corrected chi connectivity index (χ2v) is 6.62. The molecule has 6 nitrogen and oxygen atoms in total. The third-order valence-electron chi connectivity index (χ3n) is 4.16. The summed E-state index contributed by atoms with van der Waals surface area (Å²) in [5, 5.41) is 2.98. The van der Waals surface area contributed by atoms with E-state index in [0.717, 1.165) is 36.9 Å². The number of rotatable bonds is 5. The molecule has 3 rings (SSSR count). The van der Waals surface area contributed by atoms with Crippen LogP contribution in [0.2, 0.25) is 0 Å². The van der Waals surface area contributed by atoms with Crippen molar-refractivity contribution < 1.29 is 9.59 Å². The highest BCUT2D eigenvalue weighted by atomic mass is 32.1. The van der Waals surface area contributed by atoms with Crippen molar-refractivity contribution in [2.75, 3.05) is 31.1 Å². The maximum absolute atomic E-state index is 12.4. The summed E-state index contributed by atoms with van der Waals surface area (Å²) in [6, 6.07) is 7.16. The SMILES string of the molecule is NC(=O)c1cccc(CCC(=O)N2CCN(c3nccs3)CC2)c1. The Morgan fingerprint density at radius 1 is 1.21 bits per heavy atom. The summed E-state index contributed by atoms with van der Waals surface area (Å²) in [7, 11) is 0. The molecule has 7 heteroatoms. The molecule has 1 aromatic heterocycles. The average molecular weight is 344 g/mol. The van der Waals surface area contributed by atoms with Gasteiger partial charge in [0.25, 0.3) is 0 Å². The van der Waals surface area contributed by atoms with E-state index in [1.165, 1.54) is 0 Å². The lowest BCUT2D eigenvalue weighted by molar-refractivity contribution is -0.131. The first-order valence-electron chi connectivity index (χ1n) is 7.94. The zero-order chi connectivity index (χ0) is 16.9. The Morgan fingerprint density at radius 2 is 2.00 bits per heavy atom. The lowest BCUT2D eigenvalue weighted by atomic mass is 10.1. The van der Waals surface area contributed by atoms with Gasteiger partial charge in [-0.2, -0.15) is 0 Å². The molecule has 1 aliphatic heterocycles. The Balaban J connectivity index is 1.49. The smallest absolute Gasteiger partial charge is 0.248 e. The predicted molar refractivity (Wildman–Crippen MR) is 94.2 cm³/mol. The first kappa shape index (κ1) is 16.4. The van der Waals surface area contributed by atoms with Crippen molar-refractivity contribution in [3.8, 4) is 0 Å². The summed E-state index contributed by atoms with van der Waals surface area (Å²) >= 11 is 1.62. The molecule has 0 atom stereocenters. The van der Waals surface area contributed by atoms with Crippen LogP contribution in [0.4, 0.5) is 5.13 Å². The van der Waals surface area contributed by atoms with Crippen molar-refractivity contribution in [2.24, 2.45) is 5.73 Å². The maximum Gasteiger partial charge on any atom is 0.248 e. The van der Waals surface area contributed by atoms with Crippen molar-refractivity contribution >= 4 is 28.3 Å². The number of nitrogens with zero attached hydrogens (tertiary/aromatic N) is 3. The monoisotopic (exact) mass is 344 g/mol. The van der Waals surface area contributed by atoms with Crippen LogP contribution < -0.4 is 10.6 Å². The quantitative estimate of drug-likeness (QED) is 0.892. The van der Waals surface area contributed by atoms with E-state index >= 15 is 0 Å². The van der Waals surface area contributed by atoms with Gasteiger partial charge in [-0.25, -0.2) is 4.98 Å². The molecular formula is C17H20N4O2S. The minimum Gasteiger partial charge on any atom is -0.366 e. The zero-order valence-electron chi connectivity index (χ0n) is 13.4. The van der Waals surface area contributed by atoms with E-state index in [0.29, 0.717) is 18.4 Å². The Labute approximate surface area is 144 Å². The highest BCUT2D eigenvalue weighted by molar-refractivity contribution is 7.13. The van der Waals surface area contributed by atoms with Crippen LogP contribution in [0.1, 0.15) is 22.3 Å². The molecule has 1 saturated heterocycles. The molecule has 0 radical (unpaired) electrons. The minimum atomic E-state index is -0.443. The molecule has 24 heavy (non-hydrogen) atoms. The first-order chi connectivity index (χ1) is 11.6. The minimum absolute atomic E-state index is 0.151. The van der Waals surface area contributed by atoms with Gasteiger partial charge in [0.05, 0.1) is 0 Å². The predicted octanol–water partition coefficient (Wildman–Crippen LogP) is 1.52. The summed E-state index contributed by atoms with van der Waals surface area (Å²) in [5.74, 6) is -0.292. The second kappa shape index (κ2) is 7.44. The molecule has 0 aliphatic carbocycles. The topological polar surface area (TPSA) is 79.5 Å². The maximum atomic E-state index is 12.4. The van der Waals surface area contributed by atoms with Crippen molar-refractivity contribution in [3.63, 3.8) is 0 Å². The number of benzene rings is 1. The molecule has 2 heterocycles. The van der Waals surface area contributed by atoms with Gasteiger partial charge in [0.15, 0.2) is 5.13 Å². The molecule has 0 unspecified atom stereocenters. The van der Waals surface area contributed by atoms with Gasteiger partial charge >= 0.3 is 0 Å². The van der Waals surface area contributed by atoms with Crippen molar-refractivity contribution in [1.82, 2.24) is 9.88 Å². The van der Waals surface area contributed by atoms with E-state index in [4.69, 9.17) is 5.73 Å². The number of nitrogens with two attached hydrogens (primary N) is 1. The molecule has 0 bridgehead atoms. The van der Waals surface area contributed by atoms with Gasteiger partial charge in [0.2, 0.25) is 11.8 Å². The van der Waals surface area contributed by atoms with E-state index in [1.54, 1.807) is 35.7 Å². The second-order valence-electron chi connectivity index (χ2n) is 5.75. The molecule has 0 spiro atoms. The highest BCUT2D eigenvalue weighted by Gasteiger charge is 2.22. The van der Waals surface area contributed by atoms with Crippen molar-refractivity contribution in [2.45, 2.75) is 12.8 Å². The largest absolute Gasteiger partial charge is 0.366 e. The Bertz CT molecular complexity index is 709. The summed E-state index contributed by atoms with van der Waals surface area (Å²) in [5.41, 5.74) is 6.73. The number of amides is 2. The molecule has 0 saturated carbocycles. The molecule has 1 fully saturated rings. The van der Waals surface area contributed by atoms with Crippen LogP contribution in [-0.4, -0.2) is 47.9 Å². The number of aromatic nitrogens is 1. The number of aryl methyl sites for hydroxylation is 1. The van der Waals surface area contributed by atoms with Crippen LogP contribution in [0.3, 0.4) is 0 Å². The van der Waals surface area contributed by atoms with E-state index in [-0.39, 0.29) is 5.91 Å². The molecular weight excluding hydrogens is 324 g/mol. The molecule has 1 aromatic carbocycles. The van der Waals surface area contributed by atoms with Gasteiger partial charge in [-0.3, -0.25) is 9.59 Å². The van der Waals surface area contributed by atoms with E-state index in [2.05, 4.69) is 9.88 Å². The number of primary amides is 1. The lowest BCUT2D eigenvalue weighted by Crippen LogP contribution is -2.48. The van der Waals surface area contributed by atoms with Gasteiger partial charge in [0.1, 0.15) is 0 Å². The summed E-state index contributed by atoms with van der Waals surface area (Å²) < 4.78 is 0. The number of carbonyl (C=O) groups excluding carboxylic acids is 2. The van der Waals surface area contributed by atoms with Crippen molar-refractivity contribution in [3.05, 3.63) is 47.0 Å². The van der Waals surface area contributed by atoms with Gasteiger partial charge < -0.3 is 15.5 Å². The van der Waals surface area contributed by atoms with Gasteiger partial charge in [-0.15, -0.1) is 11.3 Å². The fourth-order valence-corrected chi connectivity index (χ4v) is 3.51. The fraction of sp³-hybridized carbons (Fsp3) is 0.353. The number of piperazine rings is 1. The van der Waals surface area contributed by atoms with Gasteiger partial charge in [-0.05, 0) is 24.1 Å². The Morgan fingerprint density at radius 3 is 2.67 bits per heavy atom. The summed E-state index contributed by atoms with van der Waals surface area (Å²) in [6.45, 7) is 3.08. The lowest BCUT2D eigenvalue weighted by Gasteiger charge is -2.34.